The Morgan fingerprint density at radius 3 is 2.78 bits per heavy atom. The number of carbonyl (C=O) groups excluding carboxylic acids is 1. The molecule has 2 aliphatic carbocycles. The molecular weight excluding hydrogens is 534 g/mol. The highest BCUT2D eigenvalue weighted by atomic mass is 79.9. The summed E-state index contributed by atoms with van der Waals surface area (Å²) >= 11 is 3.47. The van der Waals surface area contributed by atoms with Crippen molar-refractivity contribution >= 4 is 33.2 Å². The van der Waals surface area contributed by atoms with Gasteiger partial charge in [-0.3, -0.25) is 4.79 Å². The number of likely N-dealkylation sites (N-methyl/N-ethyl adjacent to an activating group) is 1. The van der Waals surface area contributed by atoms with Gasteiger partial charge in [-0.2, -0.15) is 4.98 Å². The summed E-state index contributed by atoms with van der Waals surface area (Å²) in [6.07, 6.45) is 10.4. The van der Waals surface area contributed by atoms with Crippen molar-refractivity contribution < 1.29 is 14.1 Å². The van der Waals surface area contributed by atoms with Crippen molar-refractivity contribution in [2.45, 2.75) is 37.5 Å². The van der Waals surface area contributed by atoms with Crippen LogP contribution >= 0.6 is 15.9 Å². The van der Waals surface area contributed by atoms with Gasteiger partial charge in [0, 0.05) is 25.7 Å². The van der Waals surface area contributed by atoms with Crippen LogP contribution in [0.1, 0.15) is 48.0 Å². The van der Waals surface area contributed by atoms with Crippen LogP contribution in [0.4, 0.5) is 5.82 Å². The number of allylic oxidation sites excluding steroid dienone is 3. The van der Waals surface area contributed by atoms with E-state index in [1.54, 1.807) is 19.2 Å². The molecule has 37 heavy (non-hydrogen) atoms. The number of pyridine rings is 1. The van der Waals surface area contributed by atoms with Crippen LogP contribution in [0, 0.1) is 6.92 Å². The minimum absolute atomic E-state index is 0.288. The van der Waals surface area contributed by atoms with Crippen LogP contribution in [0.5, 0.6) is 5.75 Å². The van der Waals surface area contributed by atoms with Crippen LogP contribution in [0.2, 0.25) is 0 Å². The molecule has 3 aromatic rings. The highest BCUT2D eigenvalue weighted by Gasteiger charge is 2.43. The zero-order chi connectivity index (χ0) is 26.0. The normalized spacial score (nSPS) is 19.1. The van der Waals surface area contributed by atoms with E-state index in [1.165, 1.54) is 24.0 Å². The molecule has 1 fully saturated rings. The first kappa shape index (κ1) is 25.4. The molecule has 5 rings (SSSR count). The van der Waals surface area contributed by atoms with Crippen LogP contribution in [-0.2, 0) is 10.2 Å². The Bertz CT molecular complexity index is 1360. The highest BCUT2D eigenvalue weighted by molar-refractivity contribution is 9.10. The summed E-state index contributed by atoms with van der Waals surface area (Å²) in [7, 11) is 3.97. The van der Waals surface area contributed by atoms with Gasteiger partial charge in [0.2, 0.25) is 11.8 Å². The summed E-state index contributed by atoms with van der Waals surface area (Å²) in [4.78, 5) is 24.7. The maximum atomic E-state index is 13.8. The molecule has 2 heterocycles. The fourth-order valence-corrected chi connectivity index (χ4v) is 4.76. The Morgan fingerprint density at radius 1 is 1.30 bits per heavy atom. The number of nitrogens with one attached hydrogen (secondary N) is 1. The third kappa shape index (κ3) is 5.52. The molecule has 1 amide bonds. The van der Waals surface area contributed by atoms with E-state index in [-0.39, 0.29) is 5.91 Å². The van der Waals surface area contributed by atoms with Gasteiger partial charge in [-0.05, 0) is 71.9 Å². The molecule has 0 bridgehead atoms. The lowest BCUT2D eigenvalue weighted by Crippen LogP contribution is -2.40. The smallest absolute Gasteiger partial charge is 0.243 e. The standard InChI is InChI=1S/C28H30BrN5O3/c1-18-31-26(33-37-18)28(12-10-20(11-13-28)22-7-5-4-6-21(22)19-8-9-19)27(35)32-25-16-24(23(29)17-30-25)36-15-14-34(2)3/h4-7,10-12,16-17,19H,8-9,13-15H2,1-3H3,(H,30,32,35). The van der Waals surface area contributed by atoms with Crippen LogP contribution in [-0.4, -0.2) is 53.2 Å². The van der Waals surface area contributed by atoms with Crippen molar-refractivity contribution in [3.63, 3.8) is 0 Å². The quantitative estimate of drug-likeness (QED) is 0.378. The van der Waals surface area contributed by atoms with Gasteiger partial charge in [0.05, 0.1) is 4.47 Å². The molecule has 8 nitrogen and oxygen atoms in total. The molecule has 9 heteroatoms. The van der Waals surface area contributed by atoms with Crippen LogP contribution in [0.3, 0.4) is 0 Å². The van der Waals surface area contributed by atoms with Gasteiger partial charge in [-0.1, -0.05) is 47.7 Å². The van der Waals surface area contributed by atoms with E-state index >= 15 is 0 Å². The molecule has 1 atom stereocenters. The maximum absolute atomic E-state index is 13.8. The zero-order valence-electron chi connectivity index (χ0n) is 21.2. The van der Waals surface area contributed by atoms with E-state index in [0.717, 1.165) is 12.1 Å². The van der Waals surface area contributed by atoms with Gasteiger partial charge in [0.15, 0.2) is 5.82 Å². The van der Waals surface area contributed by atoms with Crippen molar-refractivity contribution in [1.29, 1.82) is 0 Å². The number of rotatable bonds is 9. The SMILES string of the molecule is Cc1nc(C2(C(=O)Nc3cc(OCCN(C)C)c(Br)cn3)C=CC(c3ccccc3C3CC3)=CC2)no1. The molecule has 0 saturated heterocycles. The first-order chi connectivity index (χ1) is 17.9. The third-order valence-corrected chi connectivity index (χ3v) is 7.27. The average molecular weight is 564 g/mol. The van der Waals surface area contributed by atoms with E-state index in [1.807, 2.05) is 31.1 Å². The molecule has 2 aromatic heterocycles. The number of halogens is 1. The van der Waals surface area contributed by atoms with Crippen molar-refractivity contribution in [2.24, 2.45) is 0 Å². The summed E-state index contributed by atoms with van der Waals surface area (Å²) in [5.41, 5.74) is 2.56. The Labute approximate surface area is 224 Å². The summed E-state index contributed by atoms with van der Waals surface area (Å²) in [5.74, 6) is 2.05. The number of benzene rings is 1. The lowest BCUT2D eigenvalue weighted by Gasteiger charge is -2.28. The number of aryl methyl sites for hydroxylation is 1. The number of aromatic nitrogens is 3. The monoisotopic (exact) mass is 563 g/mol. The predicted octanol–water partition coefficient (Wildman–Crippen LogP) is 5.27. The van der Waals surface area contributed by atoms with Gasteiger partial charge in [-0.25, -0.2) is 4.98 Å². The van der Waals surface area contributed by atoms with E-state index in [0.29, 0.717) is 46.7 Å². The van der Waals surface area contributed by atoms with Gasteiger partial charge in [0.25, 0.3) is 0 Å². The molecule has 0 aliphatic heterocycles. The molecule has 0 radical (unpaired) electrons. The number of anilines is 1. The zero-order valence-corrected chi connectivity index (χ0v) is 22.8. The number of amides is 1. The first-order valence-electron chi connectivity index (χ1n) is 12.4. The average Bonchev–Trinajstić information content (AvgIpc) is 3.65. The summed E-state index contributed by atoms with van der Waals surface area (Å²) in [5, 5.41) is 7.09. The Kier molecular flexibility index (Phi) is 7.26. The minimum Gasteiger partial charge on any atom is -0.491 e. The fraction of sp³-hybridized carbons (Fsp3) is 0.357. The van der Waals surface area contributed by atoms with E-state index in [2.05, 4.69) is 66.7 Å². The van der Waals surface area contributed by atoms with Gasteiger partial charge >= 0.3 is 0 Å². The summed E-state index contributed by atoms with van der Waals surface area (Å²) < 4.78 is 11.9. The minimum atomic E-state index is -1.13. The fourth-order valence-electron chi connectivity index (χ4n) is 4.43. The van der Waals surface area contributed by atoms with E-state index in [9.17, 15) is 4.79 Å². The number of carbonyl (C=O) groups is 1. The van der Waals surface area contributed by atoms with Gasteiger partial charge in [0.1, 0.15) is 23.6 Å². The van der Waals surface area contributed by atoms with Gasteiger partial charge < -0.3 is 19.5 Å². The molecule has 2 aliphatic rings. The number of hydrogen-bond acceptors (Lipinski definition) is 7. The highest BCUT2D eigenvalue weighted by Crippen LogP contribution is 2.45. The first-order valence-corrected chi connectivity index (χ1v) is 13.2. The third-order valence-electron chi connectivity index (χ3n) is 6.67. The molecule has 1 unspecified atom stereocenters. The molecule has 0 spiro atoms. The van der Waals surface area contributed by atoms with Crippen LogP contribution < -0.4 is 10.1 Å². The summed E-state index contributed by atoms with van der Waals surface area (Å²) in [6, 6.07) is 10.2. The molecule has 1 aromatic carbocycles. The molecular formula is C28H30BrN5O3. The Morgan fingerprint density at radius 2 is 2.11 bits per heavy atom. The number of ether oxygens (including phenoxy) is 1. The molecule has 192 valence electrons. The topological polar surface area (TPSA) is 93.4 Å². The van der Waals surface area contributed by atoms with Crippen molar-refractivity contribution in [2.75, 3.05) is 32.6 Å². The van der Waals surface area contributed by atoms with E-state index < -0.39 is 5.41 Å². The van der Waals surface area contributed by atoms with Crippen molar-refractivity contribution in [3.05, 3.63) is 82.1 Å². The van der Waals surface area contributed by atoms with Gasteiger partial charge in [-0.15, -0.1) is 0 Å². The largest absolute Gasteiger partial charge is 0.491 e. The van der Waals surface area contributed by atoms with Crippen molar-refractivity contribution in [3.8, 4) is 5.75 Å². The molecule has 1 saturated carbocycles. The lowest BCUT2D eigenvalue weighted by molar-refractivity contribution is -0.120. The Balaban J connectivity index is 1.41. The van der Waals surface area contributed by atoms with Crippen LogP contribution in [0.25, 0.3) is 5.57 Å². The second-order valence-corrected chi connectivity index (χ2v) is 10.6. The second-order valence-electron chi connectivity index (χ2n) is 9.77. The van der Waals surface area contributed by atoms with Crippen LogP contribution in [0.15, 0.2) is 63.8 Å². The predicted molar refractivity (Wildman–Crippen MR) is 145 cm³/mol. The second kappa shape index (κ2) is 10.6. The molecule has 1 N–H and O–H groups in total. The number of hydrogen-bond donors (Lipinski definition) is 1. The number of nitrogens with zero attached hydrogens (tertiary/aromatic N) is 4. The van der Waals surface area contributed by atoms with Crippen molar-refractivity contribution in [1.82, 2.24) is 20.0 Å². The lowest BCUT2D eigenvalue weighted by atomic mass is 9.77. The van der Waals surface area contributed by atoms with E-state index in [4.69, 9.17) is 9.26 Å². The Hall–Kier alpha value is -3.30. The summed E-state index contributed by atoms with van der Waals surface area (Å²) in [6.45, 7) is 2.99. The maximum Gasteiger partial charge on any atom is 0.243 e.